The minimum absolute atomic E-state index is 0.613. The zero-order chi connectivity index (χ0) is 23.3. The van der Waals surface area contributed by atoms with Gasteiger partial charge in [-0.1, -0.05) is 65.4 Å². The van der Waals surface area contributed by atoms with Gasteiger partial charge in [0.15, 0.2) is 11.0 Å². The second kappa shape index (κ2) is 9.86. The van der Waals surface area contributed by atoms with E-state index >= 15 is 0 Å². The van der Waals surface area contributed by atoms with Gasteiger partial charge in [-0.05, 0) is 48.7 Å². The Morgan fingerprint density at radius 1 is 0.971 bits per heavy atom. The Morgan fingerprint density at radius 3 is 2.50 bits per heavy atom. The number of hydrogen-bond acceptors (Lipinski definition) is 6. The first-order valence-electron chi connectivity index (χ1n) is 11.2. The predicted molar refractivity (Wildman–Crippen MR) is 136 cm³/mol. The van der Waals surface area contributed by atoms with Crippen LogP contribution in [0.4, 0.5) is 5.13 Å². The van der Waals surface area contributed by atoms with Gasteiger partial charge in [-0.15, -0.1) is 10.2 Å². The summed E-state index contributed by atoms with van der Waals surface area (Å²) in [6.45, 7) is 4.20. The molecule has 168 valence electrons. The van der Waals surface area contributed by atoms with E-state index in [1.54, 1.807) is 17.7 Å². The van der Waals surface area contributed by atoms with E-state index in [-0.39, 0.29) is 0 Å². The van der Waals surface area contributed by atoms with Gasteiger partial charge in [0.25, 0.3) is 0 Å². The molecule has 0 fully saturated rings. The van der Waals surface area contributed by atoms with Gasteiger partial charge in [0.1, 0.15) is 6.33 Å². The van der Waals surface area contributed by atoms with E-state index in [1.165, 1.54) is 15.8 Å². The monoisotopic (exact) mass is 464 g/mol. The third kappa shape index (κ3) is 4.98. The van der Waals surface area contributed by atoms with Crippen LogP contribution in [0.3, 0.4) is 0 Å². The van der Waals surface area contributed by atoms with Crippen LogP contribution in [-0.2, 0) is 19.5 Å². The number of nitrogens with zero attached hydrogens (tertiary/aromatic N) is 6. The first kappa shape index (κ1) is 21.8. The van der Waals surface area contributed by atoms with Crippen molar-refractivity contribution < 1.29 is 0 Å². The van der Waals surface area contributed by atoms with Crippen LogP contribution in [0.5, 0.6) is 0 Å². The molecule has 0 N–H and O–H groups in total. The Bertz CT molecular complexity index is 1390. The number of thiazole rings is 1. The van der Waals surface area contributed by atoms with Gasteiger partial charge in [0, 0.05) is 6.54 Å². The number of fused-ring (bicyclic) bond motifs is 1. The highest BCUT2D eigenvalue weighted by Gasteiger charge is 2.16. The Morgan fingerprint density at radius 2 is 1.74 bits per heavy atom. The Labute approximate surface area is 202 Å². The van der Waals surface area contributed by atoms with Crippen molar-refractivity contribution in [3.8, 4) is 6.07 Å². The molecule has 0 atom stereocenters. The van der Waals surface area contributed by atoms with Crippen LogP contribution >= 0.6 is 11.3 Å². The lowest BCUT2D eigenvalue weighted by molar-refractivity contribution is 0.677. The molecule has 2 heterocycles. The lowest BCUT2D eigenvalue weighted by Crippen LogP contribution is -2.27. The molecule has 0 radical (unpaired) electrons. The van der Waals surface area contributed by atoms with Gasteiger partial charge in [0.2, 0.25) is 0 Å². The van der Waals surface area contributed by atoms with E-state index < -0.39 is 0 Å². The van der Waals surface area contributed by atoms with Crippen LogP contribution in [0.1, 0.15) is 28.1 Å². The normalized spacial score (nSPS) is 10.9. The van der Waals surface area contributed by atoms with Crippen molar-refractivity contribution in [2.24, 2.45) is 0 Å². The van der Waals surface area contributed by atoms with Crippen LogP contribution in [-0.4, -0.2) is 26.3 Å². The summed E-state index contributed by atoms with van der Waals surface area (Å²) in [6, 6.07) is 26.8. The lowest BCUT2D eigenvalue weighted by atomic mass is 10.1. The average molecular weight is 465 g/mol. The number of benzene rings is 3. The van der Waals surface area contributed by atoms with Crippen LogP contribution in [0.25, 0.3) is 10.2 Å². The van der Waals surface area contributed by atoms with E-state index in [0.29, 0.717) is 18.7 Å². The van der Waals surface area contributed by atoms with Crippen LogP contribution < -0.4 is 4.90 Å². The molecule has 0 saturated heterocycles. The van der Waals surface area contributed by atoms with Gasteiger partial charge >= 0.3 is 0 Å². The predicted octanol–water partition coefficient (Wildman–Crippen LogP) is 5.37. The summed E-state index contributed by atoms with van der Waals surface area (Å²) in [5, 5.41) is 18.7. The van der Waals surface area contributed by atoms with Gasteiger partial charge in [-0.3, -0.25) is 0 Å². The first-order valence-corrected chi connectivity index (χ1v) is 12.0. The fourth-order valence-corrected chi connectivity index (χ4v) is 4.83. The average Bonchev–Trinajstić information content (AvgIpc) is 3.50. The molecule has 7 heteroatoms. The Hall–Kier alpha value is -4.02. The number of aryl methyl sites for hydroxylation is 1. The van der Waals surface area contributed by atoms with Crippen molar-refractivity contribution in [2.45, 2.75) is 26.4 Å². The van der Waals surface area contributed by atoms with Gasteiger partial charge < -0.3 is 9.47 Å². The minimum Gasteiger partial charge on any atom is -0.340 e. The van der Waals surface area contributed by atoms with E-state index in [4.69, 9.17) is 10.2 Å². The second-order valence-corrected chi connectivity index (χ2v) is 9.31. The van der Waals surface area contributed by atoms with E-state index in [2.05, 4.69) is 75.1 Å². The molecule has 2 aromatic heterocycles. The topological polar surface area (TPSA) is 70.6 Å². The van der Waals surface area contributed by atoms with E-state index in [1.807, 2.05) is 30.3 Å². The Kier molecular flexibility index (Phi) is 6.32. The fourth-order valence-electron chi connectivity index (χ4n) is 3.84. The zero-order valence-corrected chi connectivity index (χ0v) is 19.7. The largest absolute Gasteiger partial charge is 0.340 e. The number of nitriles is 1. The molecule has 0 aliphatic rings. The fraction of sp³-hybridized carbons (Fsp3) is 0.185. The van der Waals surface area contributed by atoms with Crippen LogP contribution in [0, 0.1) is 18.3 Å². The molecule has 0 amide bonds. The summed E-state index contributed by atoms with van der Waals surface area (Å²) in [7, 11) is 0. The third-order valence-electron chi connectivity index (χ3n) is 5.81. The molecule has 0 aliphatic heterocycles. The van der Waals surface area contributed by atoms with Crippen molar-refractivity contribution in [1.82, 2.24) is 19.7 Å². The van der Waals surface area contributed by atoms with Crippen molar-refractivity contribution in [2.75, 3.05) is 11.4 Å². The minimum atomic E-state index is 0.613. The highest BCUT2D eigenvalue weighted by molar-refractivity contribution is 7.22. The number of para-hydroxylation sites is 1. The summed E-state index contributed by atoms with van der Waals surface area (Å²) in [6.07, 6.45) is 2.68. The molecule has 0 unspecified atom stereocenters. The highest BCUT2D eigenvalue weighted by Crippen LogP contribution is 2.29. The van der Waals surface area contributed by atoms with Gasteiger partial charge in [0.05, 0.1) is 34.9 Å². The second-order valence-electron chi connectivity index (χ2n) is 8.31. The molecular formula is C27H24N6S. The van der Waals surface area contributed by atoms with Gasteiger partial charge in [-0.25, -0.2) is 4.98 Å². The number of hydrogen-bond donors (Lipinski definition) is 0. The number of anilines is 1. The van der Waals surface area contributed by atoms with Crippen molar-refractivity contribution in [3.05, 3.63) is 107 Å². The highest BCUT2D eigenvalue weighted by atomic mass is 32.1. The summed E-state index contributed by atoms with van der Waals surface area (Å²) in [5.74, 6) is 0.882. The summed E-state index contributed by atoms with van der Waals surface area (Å²) in [4.78, 5) is 7.20. The third-order valence-corrected chi connectivity index (χ3v) is 6.91. The summed E-state index contributed by atoms with van der Waals surface area (Å²) in [5.41, 5.74) is 5.34. The van der Waals surface area contributed by atoms with Crippen LogP contribution in [0.2, 0.25) is 0 Å². The van der Waals surface area contributed by atoms with Crippen molar-refractivity contribution >= 4 is 26.7 Å². The molecule has 5 aromatic rings. The summed E-state index contributed by atoms with van der Waals surface area (Å²) >= 11 is 1.71. The molecule has 0 bridgehead atoms. The smallest absolute Gasteiger partial charge is 0.186 e. The van der Waals surface area contributed by atoms with E-state index in [0.717, 1.165) is 35.0 Å². The number of aromatic nitrogens is 4. The van der Waals surface area contributed by atoms with E-state index in [9.17, 15) is 0 Å². The lowest BCUT2D eigenvalue weighted by Gasteiger charge is -2.22. The molecule has 0 aliphatic carbocycles. The SMILES string of the molecule is Cc1ccc(CCN(Cc2nncn2Cc2ccc(C#N)cc2)c2nc3ccccc3s2)cc1. The molecule has 6 nitrogen and oxygen atoms in total. The van der Waals surface area contributed by atoms with Crippen LogP contribution in [0.15, 0.2) is 79.1 Å². The molecule has 5 rings (SSSR count). The maximum Gasteiger partial charge on any atom is 0.186 e. The zero-order valence-electron chi connectivity index (χ0n) is 18.9. The maximum atomic E-state index is 9.05. The molecule has 34 heavy (non-hydrogen) atoms. The molecule has 3 aromatic carbocycles. The quantitative estimate of drug-likeness (QED) is 0.309. The van der Waals surface area contributed by atoms with Crippen molar-refractivity contribution in [3.63, 3.8) is 0 Å². The maximum absolute atomic E-state index is 9.05. The number of rotatable bonds is 8. The Balaban J connectivity index is 1.39. The first-order chi connectivity index (χ1) is 16.7. The summed E-state index contributed by atoms with van der Waals surface area (Å²) < 4.78 is 3.24. The molecule has 0 saturated carbocycles. The molecular weight excluding hydrogens is 440 g/mol. The van der Waals surface area contributed by atoms with Crippen molar-refractivity contribution in [1.29, 1.82) is 5.26 Å². The van der Waals surface area contributed by atoms with Gasteiger partial charge in [-0.2, -0.15) is 5.26 Å². The standard InChI is InChI=1S/C27H24N6S/c1-20-6-8-21(9-7-20)14-15-32(27-30-24-4-2-3-5-25(24)34-27)18-26-31-29-19-33(26)17-23-12-10-22(16-28)11-13-23/h2-13,19H,14-15,17-18H2,1H3. The molecule has 0 spiro atoms.